The van der Waals surface area contributed by atoms with Crippen LogP contribution in [0.3, 0.4) is 0 Å². The molecule has 2 rings (SSSR count). The van der Waals surface area contributed by atoms with Crippen LogP contribution in [-0.4, -0.2) is 4.98 Å². The van der Waals surface area contributed by atoms with Crippen LogP contribution in [0, 0.1) is 0 Å². The van der Waals surface area contributed by atoms with Crippen LogP contribution in [0.25, 0.3) is 0 Å². The molecule has 0 atom stereocenters. The second-order valence-electron chi connectivity index (χ2n) is 2.84. The highest BCUT2D eigenvalue weighted by Crippen LogP contribution is 2.20. The molecular formula is C11H10N2O. The Morgan fingerprint density at radius 2 is 2.00 bits per heavy atom. The minimum atomic E-state index is 0.568. The third kappa shape index (κ3) is 2.01. The number of nitrogen functional groups attached to an aromatic ring is 1. The number of hydrogen-bond donors (Lipinski definition) is 1. The summed E-state index contributed by atoms with van der Waals surface area (Å²) in [5.74, 6) is 1.27. The van der Waals surface area contributed by atoms with E-state index in [4.69, 9.17) is 10.5 Å². The van der Waals surface area contributed by atoms with Crippen LogP contribution in [0.4, 0.5) is 5.69 Å². The zero-order valence-electron chi connectivity index (χ0n) is 7.55. The molecule has 0 radical (unpaired) electrons. The fraction of sp³-hybridized carbons (Fsp3) is 0. The second kappa shape index (κ2) is 3.79. The fourth-order valence-electron chi connectivity index (χ4n) is 1.11. The maximum atomic E-state index is 5.61. The lowest BCUT2D eigenvalue weighted by molar-refractivity contribution is 0.463. The van der Waals surface area contributed by atoms with Gasteiger partial charge in [-0.2, -0.15) is 0 Å². The van der Waals surface area contributed by atoms with Crippen LogP contribution >= 0.6 is 0 Å². The third-order valence-electron chi connectivity index (χ3n) is 1.72. The van der Waals surface area contributed by atoms with Crippen molar-refractivity contribution in [3.63, 3.8) is 0 Å². The van der Waals surface area contributed by atoms with Crippen LogP contribution in [0.2, 0.25) is 0 Å². The average Bonchev–Trinajstić information content (AvgIpc) is 2.19. The smallest absolute Gasteiger partial charge is 0.219 e. The van der Waals surface area contributed by atoms with Gasteiger partial charge in [-0.3, -0.25) is 0 Å². The summed E-state index contributed by atoms with van der Waals surface area (Å²) in [4.78, 5) is 4.04. The van der Waals surface area contributed by atoms with E-state index in [-0.39, 0.29) is 0 Å². The molecule has 0 aliphatic heterocycles. The van der Waals surface area contributed by atoms with E-state index in [0.717, 1.165) is 0 Å². The molecule has 1 heterocycles. The van der Waals surface area contributed by atoms with Crippen molar-refractivity contribution < 1.29 is 4.74 Å². The standard InChI is InChI=1S/C11H10N2O/c12-9-4-3-5-10(8-9)14-11-6-1-2-7-13-11/h1-8H,12H2. The number of pyridine rings is 1. The molecule has 0 bridgehead atoms. The van der Waals surface area contributed by atoms with E-state index < -0.39 is 0 Å². The highest BCUT2D eigenvalue weighted by molar-refractivity contribution is 5.44. The molecule has 1 aromatic carbocycles. The van der Waals surface area contributed by atoms with Gasteiger partial charge in [-0.05, 0) is 18.2 Å². The molecule has 2 aromatic rings. The first-order chi connectivity index (χ1) is 6.84. The molecule has 3 heteroatoms. The lowest BCUT2D eigenvalue weighted by Gasteiger charge is -2.03. The highest BCUT2D eigenvalue weighted by Gasteiger charge is 1.96. The van der Waals surface area contributed by atoms with E-state index in [1.165, 1.54) is 0 Å². The Labute approximate surface area is 82.2 Å². The summed E-state index contributed by atoms with van der Waals surface area (Å²) >= 11 is 0. The molecule has 3 nitrogen and oxygen atoms in total. The van der Waals surface area contributed by atoms with Crippen LogP contribution in [0.1, 0.15) is 0 Å². The lowest BCUT2D eigenvalue weighted by atomic mass is 10.3. The molecule has 2 N–H and O–H groups in total. The van der Waals surface area contributed by atoms with Crippen LogP contribution < -0.4 is 10.5 Å². The Bertz CT molecular complexity index is 415. The first-order valence-electron chi connectivity index (χ1n) is 4.29. The minimum absolute atomic E-state index is 0.568. The predicted molar refractivity (Wildman–Crippen MR) is 55.2 cm³/mol. The number of nitrogens with zero attached hydrogens (tertiary/aromatic N) is 1. The van der Waals surface area contributed by atoms with Gasteiger partial charge < -0.3 is 10.5 Å². The number of hydrogen-bond acceptors (Lipinski definition) is 3. The lowest BCUT2D eigenvalue weighted by Crippen LogP contribution is -1.88. The van der Waals surface area contributed by atoms with Crippen LogP contribution in [-0.2, 0) is 0 Å². The first-order valence-corrected chi connectivity index (χ1v) is 4.29. The zero-order chi connectivity index (χ0) is 9.80. The van der Waals surface area contributed by atoms with Gasteiger partial charge in [0.05, 0.1) is 0 Å². The maximum absolute atomic E-state index is 5.61. The SMILES string of the molecule is Nc1cccc(Oc2ccccn2)c1. The Balaban J connectivity index is 2.19. The molecule has 0 aliphatic rings. The summed E-state index contributed by atoms with van der Waals surface area (Å²) in [6, 6.07) is 12.8. The van der Waals surface area contributed by atoms with Gasteiger partial charge in [0.15, 0.2) is 0 Å². The summed E-state index contributed by atoms with van der Waals surface area (Å²) in [6.07, 6.45) is 1.68. The molecule has 0 spiro atoms. The van der Waals surface area contributed by atoms with E-state index in [1.54, 1.807) is 18.3 Å². The Morgan fingerprint density at radius 3 is 2.71 bits per heavy atom. The predicted octanol–water partition coefficient (Wildman–Crippen LogP) is 2.46. The molecular weight excluding hydrogens is 176 g/mol. The van der Waals surface area contributed by atoms with Crippen LogP contribution in [0.15, 0.2) is 48.7 Å². The van der Waals surface area contributed by atoms with Crippen molar-refractivity contribution in [3.8, 4) is 11.6 Å². The monoisotopic (exact) mass is 186 g/mol. The maximum Gasteiger partial charge on any atom is 0.219 e. The van der Waals surface area contributed by atoms with Crippen molar-refractivity contribution in [3.05, 3.63) is 48.7 Å². The number of benzene rings is 1. The van der Waals surface area contributed by atoms with E-state index >= 15 is 0 Å². The largest absolute Gasteiger partial charge is 0.439 e. The van der Waals surface area contributed by atoms with Gasteiger partial charge in [-0.1, -0.05) is 12.1 Å². The molecule has 14 heavy (non-hydrogen) atoms. The van der Waals surface area contributed by atoms with Gasteiger partial charge in [0.1, 0.15) is 5.75 Å². The Kier molecular flexibility index (Phi) is 2.32. The van der Waals surface area contributed by atoms with Crippen molar-refractivity contribution in [1.29, 1.82) is 0 Å². The number of rotatable bonds is 2. The van der Waals surface area contributed by atoms with Crippen molar-refractivity contribution in [2.45, 2.75) is 0 Å². The Hall–Kier alpha value is -2.03. The summed E-state index contributed by atoms with van der Waals surface area (Å²) in [5.41, 5.74) is 6.29. The zero-order valence-corrected chi connectivity index (χ0v) is 7.55. The average molecular weight is 186 g/mol. The minimum Gasteiger partial charge on any atom is -0.439 e. The molecule has 70 valence electrons. The molecule has 0 unspecified atom stereocenters. The number of aromatic nitrogens is 1. The van der Waals surface area contributed by atoms with E-state index in [0.29, 0.717) is 17.3 Å². The number of ether oxygens (including phenoxy) is 1. The fourth-order valence-corrected chi connectivity index (χ4v) is 1.11. The van der Waals surface area contributed by atoms with Gasteiger partial charge in [-0.15, -0.1) is 0 Å². The second-order valence-corrected chi connectivity index (χ2v) is 2.84. The summed E-state index contributed by atoms with van der Waals surface area (Å²) in [7, 11) is 0. The first kappa shape index (κ1) is 8.56. The van der Waals surface area contributed by atoms with Crippen molar-refractivity contribution in [1.82, 2.24) is 4.98 Å². The van der Waals surface area contributed by atoms with Crippen molar-refractivity contribution in [2.75, 3.05) is 5.73 Å². The highest BCUT2D eigenvalue weighted by atomic mass is 16.5. The molecule has 1 aromatic heterocycles. The van der Waals surface area contributed by atoms with E-state index in [2.05, 4.69) is 4.98 Å². The summed E-state index contributed by atoms with van der Waals surface area (Å²) < 4.78 is 5.47. The Morgan fingerprint density at radius 1 is 1.07 bits per heavy atom. The molecule has 0 amide bonds. The third-order valence-corrected chi connectivity index (χ3v) is 1.72. The summed E-state index contributed by atoms with van der Waals surface area (Å²) in [5, 5.41) is 0. The van der Waals surface area contributed by atoms with Crippen molar-refractivity contribution >= 4 is 5.69 Å². The number of anilines is 1. The molecule has 0 saturated carbocycles. The quantitative estimate of drug-likeness (QED) is 0.733. The van der Waals surface area contributed by atoms with Crippen molar-refractivity contribution in [2.24, 2.45) is 0 Å². The molecule has 0 aliphatic carbocycles. The number of nitrogens with two attached hydrogens (primary N) is 1. The normalized spacial score (nSPS) is 9.71. The van der Waals surface area contributed by atoms with Gasteiger partial charge in [0.2, 0.25) is 5.88 Å². The van der Waals surface area contributed by atoms with Gasteiger partial charge >= 0.3 is 0 Å². The van der Waals surface area contributed by atoms with E-state index in [9.17, 15) is 0 Å². The van der Waals surface area contributed by atoms with Gasteiger partial charge in [-0.25, -0.2) is 4.98 Å². The van der Waals surface area contributed by atoms with Crippen LogP contribution in [0.5, 0.6) is 11.6 Å². The summed E-state index contributed by atoms with van der Waals surface area (Å²) in [6.45, 7) is 0. The topological polar surface area (TPSA) is 48.1 Å². The molecule has 0 fully saturated rings. The van der Waals surface area contributed by atoms with Gasteiger partial charge in [0.25, 0.3) is 0 Å². The molecule has 0 saturated heterocycles. The van der Waals surface area contributed by atoms with E-state index in [1.807, 2.05) is 30.3 Å². The van der Waals surface area contributed by atoms with Gasteiger partial charge in [0, 0.05) is 24.0 Å².